The Morgan fingerprint density at radius 1 is 1.16 bits per heavy atom. The van der Waals surface area contributed by atoms with Gasteiger partial charge in [0.2, 0.25) is 0 Å². The number of nitrogens with two attached hydrogens (primary N) is 1. The van der Waals surface area contributed by atoms with Crippen LogP contribution in [-0.4, -0.2) is 4.98 Å². The molecule has 1 unspecified atom stereocenters. The van der Waals surface area contributed by atoms with Crippen LogP contribution in [0.15, 0.2) is 36.5 Å². The van der Waals surface area contributed by atoms with Crippen LogP contribution in [0, 0.1) is 18.6 Å². The molecule has 0 amide bonds. The van der Waals surface area contributed by atoms with Crippen molar-refractivity contribution >= 4 is 0 Å². The summed E-state index contributed by atoms with van der Waals surface area (Å²) in [4.78, 5) is 4.00. The first-order valence-electron chi connectivity index (χ1n) is 6.04. The Balaban J connectivity index is 2.30. The monoisotopic (exact) mass is 262 g/mol. The molecule has 0 saturated heterocycles. The molecule has 1 aromatic carbocycles. The van der Waals surface area contributed by atoms with Crippen molar-refractivity contribution < 1.29 is 8.78 Å². The van der Waals surface area contributed by atoms with Gasteiger partial charge >= 0.3 is 0 Å². The average Bonchev–Trinajstić information content (AvgIpc) is 2.34. The van der Waals surface area contributed by atoms with E-state index in [1.54, 1.807) is 19.1 Å². The lowest BCUT2D eigenvalue weighted by atomic mass is 9.88. The smallest absolute Gasteiger partial charge is 0.141 e. The summed E-state index contributed by atoms with van der Waals surface area (Å²) in [7, 11) is 0. The van der Waals surface area contributed by atoms with E-state index in [1.807, 2.05) is 6.92 Å². The van der Waals surface area contributed by atoms with Crippen LogP contribution in [0.5, 0.6) is 0 Å². The maximum Gasteiger partial charge on any atom is 0.141 e. The van der Waals surface area contributed by atoms with Gasteiger partial charge in [-0.25, -0.2) is 8.78 Å². The Morgan fingerprint density at radius 2 is 1.84 bits per heavy atom. The molecular formula is C15H16F2N2. The lowest BCUT2D eigenvalue weighted by Gasteiger charge is -2.25. The largest absolute Gasteiger partial charge is 0.320 e. The summed E-state index contributed by atoms with van der Waals surface area (Å²) >= 11 is 0. The van der Waals surface area contributed by atoms with E-state index in [2.05, 4.69) is 4.98 Å². The van der Waals surface area contributed by atoms with Gasteiger partial charge in [0.1, 0.15) is 11.6 Å². The molecule has 0 aliphatic carbocycles. The van der Waals surface area contributed by atoms with Gasteiger partial charge in [-0.05, 0) is 55.7 Å². The quantitative estimate of drug-likeness (QED) is 0.923. The maximum absolute atomic E-state index is 13.3. The molecule has 0 aliphatic heterocycles. The second kappa shape index (κ2) is 5.05. The standard InChI is InChI=1S/C15H16F2N2/c1-10-3-4-12(16)7-11(10)8-15(2,18)14-6-5-13(17)9-19-14/h3-7,9H,8,18H2,1-2H3. The first-order chi connectivity index (χ1) is 8.88. The molecule has 0 fully saturated rings. The van der Waals surface area contributed by atoms with E-state index in [0.717, 1.165) is 17.3 Å². The van der Waals surface area contributed by atoms with Crippen molar-refractivity contribution in [3.63, 3.8) is 0 Å². The Bertz CT molecular complexity index is 577. The van der Waals surface area contributed by atoms with E-state index >= 15 is 0 Å². The van der Waals surface area contributed by atoms with Crippen LogP contribution in [-0.2, 0) is 12.0 Å². The third-order valence-corrected chi connectivity index (χ3v) is 3.18. The van der Waals surface area contributed by atoms with Gasteiger partial charge in [0, 0.05) is 0 Å². The fraction of sp³-hybridized carbons (Fsp3) is 0.267. The Labute approximate surface area is 111 Å². The molecule has 2 aromatic rings. The van der Waals surface area contributed by atoms with E-state index in [-0.39, 0.29) is 5.82 Å². The van der Waals surface area contributed by atoms with Crippen LogP contribution in [0.25, 0.3) is 0 Å². The summed E-state index contributed by atoms with van der Waals surface area (Å²) in [6, 6.07) is 7.50. The minimum atomic E-state index is -0.772. The number of aromatic nitrogens is 1. The third-order valence-electron chi connectivity index (χ3n) is 3.18. The van der Waals surface area contributed by atoms with Gasteiger partial charge in [-0.1, -0.05) is 6.07 Å². The van der Waals surface area contributed by atoms with Crippen LogP contribution in [0.4, 0.5) is 8.78 Å². The maximum atomic E-state index is 13.3. The Hall–Kier alpha value is -1.81. The molecule has 4 heteroatoms. The summed E-state index contributed by atoms with van der Waals surface area (Å²) < 4.78 is 26.1. The van der Waals surface area contributed by atoms with Crippen LogP contribution in [0.1, 0.15) is 23.7 Å². The average molecular weight is 262 g/mol. The van der Waals surface area contributed by atoms with Gasteiger partial charge in [-0.2, -0.15) is 0 Å². The first-order valence-corrected chi connectivity index (χ1v) is 6.04. The highest BCUT2D eigenvalue weighted by Gasteiger charge is 2.24. The fourth-order valence-corrected chi connectivity index (χ4v) is 2.03. The molecule has 2 N–H and O–H groups in total. The molecule has 1 heterocycles. The Kier molecular flexibility index (Phi) is 3.62. The van der Waals surface area contributed by atoms with E-state index in [4.69, 9.17) is 5.73 Å². The van der Waals surface area contributed by atoms with Crippen molar-refractivity contribution in [2.75, 3.05) is 0 Å². The predicted octanol–water partition coefficient (Wildman–Crippen LogP) is 3.08. The van der Waals surface area contributed by atoms with Crippen LogP contribution < -0.4 is 5.73 Å². The van der Waals surface area contributed by atoms with Gasteiger partial charge in [-0.15, -0.1) is 0 Å². The molecule has 2 nitrogen and oxygen atoms in total. The minimum Gasteiger partial charge on any atom is -0.320 e. The summed E-state index contributed by atoms with van der Waals surface area (Å²) in [5.41, 5.74) is 7.84. The second-order valence-corrected chi connectivity index (χ2v) is 5.03. The zero-order valence-corrected chi connectivity index (χ0v) is 11.0. The number of halogens is 2. The predicted molar refractivity (Wildman–Crippen MR) is 70.6 cm³/mol. The molecule has 1 atom stereocenters. The van der Waals surface area contributed by atoms with Crippen molar-refractivity contribution in [3.8, 4) is 0 Å². The van der Waals surface area contributed by atoms with Gasteiger partial charge in [0.25, 0.3) is 0 Å². The van der Waals surface area contributed by atoms with Gasteiger partial charge in [0.05, 0.1) is 17.4 Å². The molecule has 1 aromatic heterocycles. The highest BCUT2D eigenvalue weighted by Crippen LogP contribution is 2.23. The molecule has 19 heavy (non-hydrogen) atoms. The summed E-state index contributed by atoms with van der Waals surface area (Å²) in [6.45, 7) is 3.71. The molecular weight excluding hydrogens is 246 g/mol. The number of hydrogen-bond acceptors (Lipinski definition) is 2. The fourth-order valence-electron chi connectivity index (χ4n) is 2.03. The zero-order valence-electron chi connectivity index (χ0n) is 11.0. The van der Waals surface area contributed by atoms with Crippen molar-refractivity contribution in [1.29, 1.82) is 0 Å². The molecule has 0 spiro atoms. The highest BCUT2D eigenvalue weighted by atomic mass is 19.1. The zero-order chi connectivity index (χ0) is 14.0. The van der Waals surface area contributed by atoms with Gasteiger partial charge in [0.15, 0.2) is 0 Å². The molecule has 0 radical (unpaired) electrons. The molecule has 2 rings (SSSR count). The molecule has 0 saturated carbocycles. The van der Waals surface area contributed by atoms with Crippen LogP contribution >= 0.6 is 0 Å². The number of aryl methyl sites for hydroxylation is 1. The number of benzene rings is 1. The number of hydrogen-bond donors (Lipinski definition) is 1. The normalized spacial score (nSPS) is 14.2. The lowest BCUT2D eigenvalue weighted by Crippen LogP contribution is -2.36. The van der Waals surface area contributed by atoms with Crippen molar-refractivity contribution in [1.82, 2.24) is 4.98 Å². The number of pyridine rings is 1. The summed E-state index contributed by atoms with van der Waals surface area (Å²) in [6.07, 6.45) is 1.58. The summed E-state index contributed by atoms with van der Waals surface area (Å²) in [5.74, 6) is -0.690. The van der Waals surface area contributed by atoms with E-state index in [1.165, 1.54) is 18.2 Å². The SMILES string of the molecule is Cc1ccc(F)cc1CC(C)(N)c1ccc(F)cn1. The van der Waals surface area contributed by atoms with Crippen molar-refractivity contribution in [3.05, 3.63) is 65.0 Å². The van der Waals surface area contributed by atoms with Crippen LogP contribution in [0.3, 0.4) is 0 Å². The van der Waals surface area contributed by atoms with Crippen LogP contribution in [0.2, 0.25) is 0 Å². The van der Waals surface area contributed by atoms with Crippen molar-refractivity contribution in [2.24, 2.45) is 5.73 Å². The highest BCUT2D eigenvalue weighted by molar-refractivity contribution is 5.30. The lowest BCUT2D eigenvalue weighted by molar-refractivity contribution is 0.470. The second-order valence-electron chi connectivity index (χ2n) is 5.03. The number of rotatable bonds is 3. The first kappa shape index (κ1) is 13.6. The third kappa shape index (κ3) is 3.15. The van der Waals surface area contributed by atoms with Gasteiger partial charge < -0.3 is 5.73 Å². The minimum absolute atomic E-state index is 0.288. The molecule has 0 aliphatic rings. The van der Waals surface area contributed by atoms with E-state index < -0.39 is 11.4 Å². The molecule has 100 valence electrons. The topological polar surface area (TPSA) is 38.9 Å². The number of nitrogens with zero attached hydrogens (tertiary/aromatic N) is 1. The van der Waals surface area contributed by atoms with E-state index in [9.17, 15) is 8.78 Å². The van der Waals surface area contributed by atoms with Crippen molar-refractivity contribution in [2.45, 2.75) is 25.8 Å². The molecule has 0 bridgehead atoms. The Morgan fingerprint density at radius 3 is 2.47 bits per heavy atom. The van der Waals surface area contributed by atoms with E-state index in [0.29, 0.717) is 12.1 Å². The summed E-state index contributed by atoms with van der Waals surface area (Å²) in [5, 5.41) is 0. The van der Waals surface area contributed by atoms with Gasteiger partial charge in [-0.3, -0.25) is 4.98 Å².